The number of aryl methyl sites for hydroxylation is 2. The fourth-order valence-electron chi connectivity index (χ4n) is 2.61. The van der Waals surface area contributed by atoms with Gasteiger partial charge in [0.05, 0.1) is 12.0 Å². The smallest absolute Gasteiger partial charge is 0.124 e. The molecule has 0 radical (unpaired) electrons. The molecule has 0 saturated carbocycles. The molecule has 2 heterocycles. The van der Waals surface area contributed by atoms with Gasteiger partial charge in [-0.05, 0) is 18.1 Å². The van der Waals surface area contributed by atoms with Gasteiger partial charge in [-0.25, -0.2) is 4.98 Å². The molecule has 0 unspecified atom stereocenters. The van der Waals surface area contributed by atoms with E-state index in [1.807, 2.05) is 6.07 Å². The molecule has 0 fully saturated rings. The van der Waals surface area contributed by atoms with Gasteiger partial charge in [-0.1, -0.05) is 24.3 Å². The van der Waals surface area contributed by atoms with Gasteiger partial charge in [0, 0.05) is 29.0 Å². The summed E-state index contributed by atoms with van der Waals surface area (Å²) >= 11 is 1.78. The Kier molecular flexibility index (Phi) is 2.72. The minimum absolute atomic E-state index is 0.576. The fraction of sp³-hybridized carbons (Fsp3) is 0.188. The highest BCUT2D eigenvalue weighted by molar-refractivity contribution is 7.15. The van der Waals surface area contributed by atoms with Crippen molar-refractivity contribution in [2.75, 3.05) is 0 Å². The van der Waals surface area contributed by atoms with Gasteiger partial charge < -0.3 is 10.2 Å². The highest BCUT2D eigenvalue weighted by atomic mass is 32.1. The first-order valence-electron chi connectivity index (χ1n) is 6.71. The van der Waals surface area contributed by atoms with Crippen LogP contribution in [0.3, 0.4) is 0 Å². The van der Waals surface area contributed by atoms with Gasteiger partial charge in [0.15, 0.2) is 0 Å². The van der Waals surface area contributed by atoms with Crippen LogP contribution < -0.4 is 5.73 Å². The van der Waals surface area contributed by atoms with Crippen LogP contribution in [0.15, 0.2) is 41.0 Å². The van der Waals surface area contributed by atoms with Crippen molar-refractivity contribution in [2.24, 2.45) is 5.73 Å². The Morgan fingerprint density at radius 2 is 2.00 bits per heavy atom. The number of aromatic nitrogens is 1. The third-order valence-electron chi connectivity index (χ3n) is 3.71. The number of hydrogen-bond donors (Lipinski definition) is 1. The van der Waals surface area contributed by atoms with Crippen molar-refractivity contribution in [3.8, 4) is 21.8 Å². The summed E-state index contributed by atoms with van der Waals surface area (Å²) in [7, 11) is 0. The predicted octanol–water partition coefficient (Wildman–Crippen LogP) is 3.63. The van der Waals surface area contributed by atoms with Crippen LogP contribution in [0.4, 0.5) is 0 Å². The topological polar surface area (TPSA) is 52.0 Å². The Labute approximate surface area is 121 Å². The van der Waals surface area contributed by atoms with E-state index in [9.17, 15) is 0 Å². The summed E-state index contributed by atoms with van der Waals surface area (Å²) in [5.41, 5.74) is 10.2. The Morgan fingerprint density at radius 1 is 1.15 bits per heavy atom. The Bertz CT molecular complexity index is 755. The van der Waals surface area contributed by atoms with Gasteiger partial charge in [0.25, 0.3) is 0 Å². The first-order valence-corrected chi connectivity index (χ1v) is 7.52. The lowest BCUT2D eigenvalue weighted by Gasteiger charge is -2.07. The summed E-state index contributed by atoms with van der Waals surface area (Å²) < 4.78 is 5.51. The van der Waals surface area contributed by atoms with Crippen molar-refractivity contribution >= 4 is 11.3 Å². The molecule has 0 bridgehead atoms. The molecular weight excluding hydrogens is 268 g/mol. The number of rotatable bonds is 2. The van der Waals surface area contributed by atoms with Gasteiger partial charge in [0.1, 0.15) is 10.8 Å². The van der Waals surface area contributed by atoms with Gasteiger partial charge in [-0.3, -0.25) is 0 Å². The van der Waals surface area contributed by atoms with Gasteiger partial charge >= 0.3 is 0 Å². The van der Waals surface area contributed by atoms with Crippen LogP contribution in [0, 0.1) is 0 Å². The Morgan fingerprint density at radius 3 is 2.80 bits per heavy atom. The van der Waals surface area contributed by atoms with Crippen molar-refractivity contribution in [2.45, 2.75) is 19.4 Å². The van der Waals surface area contributed by atoms with Crippen molar-refractivity contribution in [3.63, 3.8) is 0 Å². The third kappa shape index (κ3) is 1.80. The highest BCUT2D eigenvalue weighted by Gasteiger charge is 2.23. The molecule has 4 heteroatoms. The molecular formula is C16H14N2OS. The lowest BCUT2D eigenvalue weighted by molar-refractivity contribution is 0.508. The molecule has 0 aliphatic heterocycles. The first kappa shape index (κ1) is 11.9. The average molecular weight is 282 g/mol. The second-order valence-electron chi connectivity index (χ2n) is 4.95. The Hall–Kier alpha value is -1.91. The molecule has 0 amide bonds. The van der Waals surface area contributed by atoms with Crippen LogP contribution >= 0.6 is 11.3 Å². The van der Waals surface area contributed by atoms with Gasteiger partial charge in [0.2, 0.25) is 0 Å². The van der Waals surface area contributed by atoms with Gasteiger partial charge in [-0.15, -0.1) is 11.3 Å². The molecule has 20 heavy (non-hydrogen) atoms. The van der Waals surface area contributed by atoms with Crippen LogP contribution in [0.2, 0.25) is 0 Å². The maximum absolute atomic E-state index is 5.64. The summed E-state index contributed by atoms with van der Waals surface area (Å²) in [6, 6.07) is 10.4. The summed E-state index contributed by atoms with van der Waals surface area (Å²) in [5, 5.41) is 1.08. The zero-order chi connectivity index (χ0) is 13.5. The van der Waals surface area contributed by atoms with E-state index in [0.29, 0.717) is 6.54 Å². The molecule has 3 aromatic rings. The molecule has 1 aliphatic carbocycles. The fourth-order valence-corrected chi connectivity index (χ4v) is 3.69. The lowest BCUT2D eigenvalue weighted by atomic mass is 10.0. The summed E-state index contributed by atoms with van der Waals surface area (Å²) in [5.74, 6) is 1.06. The molecule has 3 nitrogen and oxygen atoms in total. The van der Waals surface area contributed by atoms with Crippen LogP contribution in [0.25, 0.3) is 21.8 Å². The van der Waals surface area contributed by atoms with Crippen LogP contribution in [0.1, 0.15) is 16.2 Å². The van der Waals surface area contributed by atoms with Crippen molar-refractivity contribution in [3.05, 3.63) is 52.8 Å². The van der Waals surface area contributed by atoms with Gasteiger partial charge in [-0.2, -0.15) is 0 Å². The quantitative estimate of drug-likeness (QED) is 0.781. The maximum atomic E-state index is 5.64. The second-order valence-corrected chi connectivity index (χ2v) is 6.03. The van der Waals surface area contributed by atoms with Crippen LogP contribution in [0.5, 0.6) is 0 Å². The first-order chi connectivity index (χ1) is 9.85. The molecule has 0 saturated heterocycles. The van der Waals surface area contributed by atoms with E-state index in [4.69, 9.17) is 15.1 Å². The molecule has 0 atom stereocenters. The molecule has 1 aliphatic rings. The maximum Gasteiger partial charge on any atom is 0.124 e. The number of furan rings is 1. The van der Waals surface area contributed by atoms with Crippen LogP contribution in [-0.4, -0.2) is 4.98 Å². The zero-order valence-corrected chi connectivity index (χ0v) is 11.7. The van der Waals surface area contributed by atoms with E-state index in [-0.39, 0.29) is 0 Å². The average Bonchev–Trinajstić information content (AvgIpc) is 3.12. The summed E-state index contributed by atoms with van der Waals surface area (Å²) in [6.45, 7) is 0.576. The normalized spacial score (nSPS) is 13.1. The number of hydrogen-bond acceptors (Lipinski definition) is 4. The molecule has 1 aromatic carbocycles. The molecule has 2 aromatic heterocycles. The standard InChI is InChI=1S/C16H14N2OS/c17-9-10-1-3-11(4-2-10)16-18-15-12-7-8-19-13(12)5-6-14(15)20-16/h1-4,7-8H,5-6,9,17H2. The third-order valence-corrected chi connectivity index (χ3v) is 4.88. The van der Waals surface area contributed by atoms with Crippen molar-refractivity contribution in [1.82, 2.24) is 4.98 Å². The number of benzene rings is 1. The number of thiazole rings is 1. The molecule has 2 N–H and O–H groups in total. The Balaban J connectivity index is 1.78. The van der Waals surface area contributed by atoms with E-state index >= 15 is 0 Å². The SMILES string of the molecule is NCc1ccc(-c2nc3c(s2)CCc2occc2-3)cc1. The van der Waals surface area contributed by atoms with E-state index in [1.54, 1.807) is 17.6 Å². The van der Waals surface area contributed by atoms with Crippen molar-refractivity contribution in [1.29, 1.82) is 0 Å². The monoisotopic (exact) mass is 282 g/mol. The number of nitrogens with two attached hydrogens (primary N) is 1. The number of nitrogens with zero attached hydrogens (tertiary/aromatic N) is 1. The summed E-state index contributed by atoms with van der Waals surface area (Å²) in [6.07, 6.45) is 3.76. The zero-order valence-electron chi connectivity index (χ0n) is 10.9. The number of fused-ring (bicyclic) bond motifs is 3. The molecule has 4 rings (SSSR count). The minimum atomic E-state index is 0.576. The lowest BCUT2D eigenvalue weighted by Crippen LogP contribution is -1.98. The van der Waals surface area contributed by atoms with E-state index in [2.05, 4.69) is 24.3 Å². The summed E-state index contributed by atoms with van der Waals surface area (Å²) in [4.78, 5) is 6.18. The largest absolute Gasteiger partial charge is 0.469 e. The second kappa shape index (κ2) is 4.58. The van der Waals surface area contributed by atoms with E-state index in [0.717, 1.165) is 46.0 Å². The highest BCUT2D eigenvalue weighted by Crippen LogP contribution is 2.39. The van der Waals surface area contributed by atoms with E-state index < -0.39 is 0 Å². The molecule has 100 valence electrons. The van der Waals surface area contributed by atoms with E-state index in [1.165, 1.54) is 4.88 Å². The predicted molar refractivity (Wildman–Crippen MR) is 80.6 cm³/mol. The van der Waals surface area contributed by atoms with Crippen LogP contribution in [-0.2, 0) is 19.4 Å². The van der Waals surface area contributed by atoms with Crippen molar-refractivity contribution < 1.29 is 4.42 Å². The molecule has 0 spiro atoms. The minimum Gasteiger partial charge on any atom is -0.469 e.